The molecule has 0 radical (unpaired) electrons. The van der Waals surface area contributed by atoms with E-state index in [0.717, 1.165) is 43.1 Å². The number of fused-ring (bicyclic) bond motifs is 1. The van der Waals surface area contributed by atoms with Gasteiger partial charge in [0.05, 0.1) is 18.2 Å². The van der Waals surface area contributed by atoms with Gasteiger partial charge in [0, 0.05) is 43.0 Å². The summed E-state index contributed by atoms with van der Waals surface area (Å²) >= 11 is 0. The maximum atomic E-state index is 13.0. The van der Waals surface area contributed by atoms with E-state index in [-0.39, 0.29) is 24.9 Å². The molecule has 2 atom stereocenters. The van der Waals surface area contributed by atoms with E-state index < -0.39 is 21.8 Å². The van der Waals surface area contributed by atoms with Crippen LogP contribution in [0.4, 0.5) is 11.4 Å². The topological polar surface area (TPSA) is 133 Å². The van der Waals surface area contributed by atoms with Gasteiger partial charge in [-0.15, -0.1) is 6.42 Å². The molecule has 1 heterocycles. The predicted molar refractivity (Wildman–Crippen MR) is 123 cm³/mol. The predicted octanol–water partition coefficient (Wildman–Crippen LogP) is 1.15. The van der Waals surface area contributed by atoms with Gasteiger partial charge in [0.15, 0.2) is 0 Å². The molecule has 0 bridgehead atoms. The van der Waals surface area contributed by atoms with E-state index in [1.165, 1.54) is 13.0 Å². The van der Waals surface area contributed by atoms with Gasteiger partial charge < -0.3 is 20.7 Å². The van der Waals surface area contributed by atoms with Gasteiger partial charge in [0.2, 0.25) is 21.8 Å². The lowest BCUT2D eigenvalue weighted by Gasteiger charge is -2.19. The van der Waals surface area contributed by atoms with Crippen LogP contribution in [-0.2, 0) is 30.8 Å². The van der Waals surface area contributed by atoms with E-state index in [9.17, 15) is 22.8 Å². The molecular weight excluding hydrogens is 432 g/mol. The second-order valence-corrected chi connectivity index (χ2v) is 9.51. The molecule has 10 heteroatoms. The highest BCUT2D eigenvalue weighted by Gasteiger charge is 2.23. The molecule has 2 rings (SSSR count). The maximum absolute atomic E-state index is 13.0. The van der Waals surface area contributed by atoms with Crippen molar-refractivity contribution in [1.29, 1.82) is 0 Å². The molecule has 0 saturated carbocycles. The Kier molecular flexibility index (Phi) is 8.99. The summed E-state index contributed by atoms with van der Waals surface area (Å²) < 4.78 is 25.5. The normalized spacial score (nSPS) is 17.0. The zero-order valence-corrected chi connectivity index (χ0v) is 18.9. The van der Waals surface area contributed by atoms with Crippen LogP contribution in [0, 0.1) is 18.3 Å². The standard InChI is InChI=1S/C22H28N4O5S/c1-4-6-18(24-15(2)28)12-17(13-23-32(3,30)31)22(29)26-19-9-10-21-16(11-19)7-5-8-20(14-27)25-21/h1,6,9-11,14,17,20,23,25H,5,7-8,12-13H2,2-3H3,(H,24,28)(H,26,29)/b18-6+. The molecule has 1 aromatic rings. The zero-order valence-electron chi connectivity index (χ0n) is 18.1. The average molecular weight is 461 g/mol. The molecular formula is C22H28N4O5S. The van der Waals surface area contributed by atoms with Crippen molar-refractivity contribution in [2.24, 2.45) is 5.92 Å². The van der Waals surface area contributed by atoms with Gasteiger partial charge in [-0.05, 0) is 43.0 Å². The molecule has 9 nitrogen and oxygen atoms in total. The molecule has 4 N–H and O–H groups in total. The highest BCUT2D eigenvalue weighted by molar-refractivity contribution is 7.88. The fourth-order valence-electron chi connectivity index (χ4n) is 3.40. The van der Waals surface area contributed by atoms with Gasteiger partial charge in [-0.2, -0.15) is 0 Å². The van der Waals surface area contributed by atoms with Crippen LogP contribution in [0.1, 0.15) is 31.7 Å². The molecule has 1 aliphatic rings. The Balaban J connectivity index is 2.20. The first-order valence-corrected chi connectivity index (χ1v) is 12.0. The maximum Gasteiger partial charge on any atom is 0.229 e. The van der Waals surface area contributed by atoms with Crippen molar-refractivity contribution in [2.75, 3.05) is 23.4 Å². The summed E-state index contributed by atoms with van der Waals surface area (Å²) in [5, 5.41) is 8.57. The van der Waals surface area contributed by atoms with E-state index in [1.54, 1.807) is 12.1 Å². The summed E-state index contributed by atoms with van der Waals surface area (Å²) in [6.07, 6.45) is 10.9. The fraction of sp³-hybridized carbons (Fsp3) is 0.409. The Bertz CT molecular complexity index is 1040. The molecule has 2 amide bonds. The molecule has 1 aliphatic heterocycles. The summed E-state index contributed by atoms with van der Waals surface area (Å²) in [7, 11) is -3.53. The van der Waals surface area contributed by atoms with Crippen LogP contribution >= 0.6 is 0 Å². The van der Waals surface area contributed by atoms with E-state index in [4.69, 9.17) is 6.42 Å². The van der Waals surface area contributed by atoms with Crippen LogP contribution in [0.2, 0.25) is 0 Å². The third-order valence-electron chi connectivity index (χ3n) is 4.86. The summed E-state index contributed by atoms with van der Waals surface area (Å²) in [6, 6.07) is 5.11. The summed E-state index contributed by atoms with van der Waals surface area (Å²) in [5.41, 5.74) is 2.70. The lowest BCUT2D eigenvalue weighted by molar-refractivity contribution is -0.120. The number of hydrogen-bond acceptors (Lipinski definition) is 6. The third kappa shape index (κ3) is 8.17. The highest BCUT2D eigenvalue weighted by Crippen LogP contribution is 2.27. The number of amides is 2. The Labute approximate surface area is 188 Å². The number of carbonyl (C=O) groups excluding carboxylic acids is 3. The largest absolute Gasteiger partial charge is 0.375 e. The smallest absolute Gasteiger partial charge is 0.229 e. The van der Waals surface area contributed by atoms with Gasteiger partial charge >= 0.3 is 0 Å². The second-order valence-electron chi connectivity index (χ2n) is 7.68. The first kappa shape index (κ1) is 25.1. The molecule has 2 unspecified atom stereocenters. The monoisotopic (exact) mass is 460 g/mol. The lowest BCUT2D eigenvalue weighted by atomic mass is 10.0. The number of terminal acetylenes is 1. The van der Waals surface area contributed by atoms with Gasteiger partial charge in [-0.3, -0.25) is 9.59 Å². The van der Waals surface area contributed by atoms with Crippen molar-refractivity contribution in [3.8, 4) is 12.3 Å². The van der Waals surface area contributed by atoms with Gasteiger partial charge in [-0.1, -0.05) is 5.92 Å². The van der Waals surface area contributed by atoms with Crippen LogP contribution in [0.25, 0.3) is 0 Å². The molecule has 32 heavy (non-hydrogen) atoms. The Morgan fingerprint density at radius 2 is 2.12 bits per heavy atom. The average Bonchev–Trinajstić information content (AvgIpc) is 2.91. The van der Waals surface area contributed by atoms with Crippen molar-refractivity contribution in [2.45, 2.75) is 38.6 Å². The van der Waals surface area contributed by atoms with E-state index in [0.29, 0.717) is 11.4 Å². The minimum absolute atomic E-state index is 0.0334. The van der Waals surface area contributed by atoms with E-state index in [1.807, 2.05) is 6.07 Å². The Morgan fingerprint density at radius 3 is 2.75 bits per heavy atom. The van der Waals surface area contributed by atoms with Crippen molar-refractivity contribution < 1.29 is 22.8 Å². The number of allylic oxidation sites excluding steroid dienone is 2. The van der Waals surface area contributed by atoms with Crippen LogP contribution in [0.3, 0.4) is 0 Å². The quantitative estimate of drug-likeness (QED) is 0.323. The molecule has 0 fully saturated rings. The van der Waals surface area contributed by atoms with Crippen LogP contribution in [0.15, 0.2) is 30.0 Å². The zero-order chi connectivity index (χ0) is 23.7. The highest BCUT2D eigenvalue weighted by atomic mass is 32.2. The van der Waals surface area contributed by atoms with E-state index >= 15 is 0 Å². The number of benzene rings is 1. The molecule has 1 aromatic carbocycles. The van der Waals surface area contributed by atoms with Crippen molar-refractivity contribution in [3.05, 3.63) is 35.5 Å². The number of aldehydes is 1. The van der Waals surface area contributed by atoms with Crippen molar-refractivity contribution >= 4 is 39.5 Å². The Hall–Kier alpha value is -3.16. The Morgan fingerprint density at radius 1 is 1.38 bits per heavy atom. The van der Waals surface area contributed by atoms with Gasteiger partial charge in [0.25, 0.3) is 0 Å². The van der Waals surface area contributed by atoms with Crippen LogP contribution in [-0.4, -0.2) is 45.4 Å². The van der Waals surface area contributed by atoms with Crippen molar-refractivity contribution in [1.82, 2.24) is 10.0 Å². The van der Waals surface area contributed by atoms with Gasteiger partial charge in [-0.25, -0.2) is 13.1 Å². The third-order valence-corrected chi connectivity index (χ3v) is 5.55. The number of hydrogen-bond donors (Lipinski definition) is 4. The first-order chi connectivity index (χ1) is 15.1. The number of carbonyl (C=O) groups is 3. The molecule has 172 valence electrons. The minimum Gasteiger partial charge on any atom is -0.375 e. The fourth-order valence-corrected chi connectivity index (χ4v) is 3.90. The van der Waals surface area contributed by atoms with Gasteiger partial charge in [0.1, 0.15) is 6.29 Å². The lowest BCUT2D eigenvalue weighted by Crippen LogP contribution is -2.36. The van der Waals surface area contributed by atoms with E-state index in [2.05, 4.69) is 26.6 Å². The van der Waals surface area contributed by atoms with Crippen molar-refractivity contribution in [3.63, 3.8) is 0 Å². The van der Waals surface area contributed by atoms with Crippen LogP contribution in [0.5, 0.6) is 0 Å². The summed E-state index contributed by atoms with van der Waals surface area (Å²) in [6.45, 7) is 1.15. The second kappa shape index (κ2) is 11.5. The number of nitrogens with one attached hydrogen (secondary N) is 4. The summed E-state index contributed by atoms with van der Waals surface area (Å²) in [4.78, 5) is 35.6. The summed E-state index contributed by atoms with van der Waals surface area (Å²) in [5.74, 6) is 0.701. The van der Waals surface area contributed by atoms with Crippen LogP contribution < -0.4 is 20.7 Å². The first-order valence-electron chi connectivity index (χ1n) is 10.1. The number of rotatable bonds is 9. The number of anilines is 2. The number of sulfonamides is 1. The SMILES string of the molecule is C#C/C=C(\CC(CNS(C)(=O)=O)C(=O)Nc1ccc2c(c1)CCCC(C=O)N2)NC(C)=O. The number of aryl methyl sites for hydroxylation is 1. The molecule has 0 saturated heterocycles. The minimum atomic E-state index is -3.53. The molecule has 0 spiro atoms. The molecule has 0 aromatic heterocycles. The molecule has 0 aliphatic carbocycles.